The Morgan fingerprint density at radius 2 is 2.17 bits per heavy atom. The average molecular weight is 348 g/mol. The summed E-state index contributed by atoms with van der Waals surface area (Å²) in [5, 5.41) is 19.0. The van der Waals surface area contributed by atoms with Gasteiger partial charge in [0, 0.05) is 6.04 Å². The van der Waals surface area contributed by atoms with Gasteiger partial charge in [0.1, 0.15) is 6.33 Å². The van der Waals surface area contributed by atoms with E-state index >= 15 is 0 Å². The highest BCUT2D eigenvalue weighted by Crippen LogP contribution is 2.41. The molecular formula is C16H20N4OS2. The highest BCUT2D eigenvalue weighted by molar-refractivity contribution is 7.17. The molecule has 1 atom stereocenters. The van der Waals surface area contributed by atoms with Crippen LogP contribution in [0.2, 0.25) is 0 Å². The second kappa shape index (κ2) is 6.22. The number of hydrogen-bond acceptors (Lipinski definition) is 6. The Bertz CT molecular complexity index is 773. The minimum atomic E-state index is 0.0675. The predicted molar refractivity (Wildman–Crippen MR) is 93.3 cm³/mol. The molecule has 0 aliphatic heterocycles. The van der Waals surface area contributed by atoms with E-state index in [9.17, 15) is 5.11 Å². The summed E-state index contributed by atoms with van der Waals surface area (Å²) in [5.74, 6) is 0.223. The summed E-state index contributed by atoms with van der Waals surface area (Å²) in [6.45, 7) is 0. The third kappa shape index (κ3) is 2.66. The molecule has 23 heavy (non-hydrogen) atoms. The molecule has 1 aliphatic carbocycles. The first-order valence-electron chi connectivity index (χ1n) is 8.01. The molecule has 4 rings (SSSR count). The van der Waals surface area contributed by atoms with Crippen molar-refractivity contribution in [3.05, 3.63) is 33.6 Å². The van der Waals surface area contributed by atoms with E-state index in [1.807, 2.05) is 0 Å². The summed E-state index contributed by atoms with van der Waals surface area (Å²) in [6.07, 6.45) is 7.89. The van der Waals surface area contributed by atoms with Crippen LogP contribution in [0.15, 0.2) is 23.2 Å². The number of thiophene rings is 1. The van der Waals surface area contributed by atoms with Crippen molar-refractivity contribution in [3.8, 4) is 5.88 Å². The molecule has 0 aromatic carbocycles. The fraction of sp³-hybridized carbons (Fsp3) is 0.500. The molecule has 5 nitrogen and oxygen atoms in total. The molecule has 0 radical (unpaired) electrons. The Hall–Kier alpha value is -1.44. The summed E-state index contributed by atoms with van der Waals surface area (Å²) >= 11 is 3.23. The van der Waals surface area contributed by atoms with Crippen LogP contribution < -0.4 is 0 Å². The summed E-state index contributed by atoms with van der Waals surface area (Å²) in [7, 11) is 2.19. The van der Waals surface area contributed by atoms with Gasteiger partial charge in [0.15, 0.2) is 0 Å². The third-order valence-corrected chi connectivity index (χ3v) is 6.59. The molecule has 1 aliphatic rings. The highest BCUT2D eigenvalue weighted by Gasteiger charge is 2.31. The molecule has 0 amide bonds. The standard InChI is InChI=1S/C16H20N4OS2/c1-19(12-5-3-2-4-6-12)13(11-7-8-22-9-11)14-15(21)20-16(23-14)17-10-18-20/h7-10,12-13,21H,2-6H2,1H3/t13-/m0/s1. The zero-order chi connectivity index (χ0) is 15.8. The van der Waals surface area contributed by atoms with E-state index in [1.165, 1.54) is 59.8 Å². The number of nitrogens with zero attached hydrogens (tertiary/aromatic N) is 4. The van der Waals surface area contributed by atoms with E-state index < -0.39 is 0 Å². The number of aromatic hydroxyl groups is 1. The van der Waals surface area contributed by atoms with Crippen molar-refractivity contribution in [2.45, 2.75) is 44.2 Å². The van der Waals surface area contributed by atoms with Crippen molar-refractivity contribution in [3.63, 3.8) is 0 Å². The summed E-state index contributed by atoms with van der Waals surface area (Å²) in [6, 6.07) is 2.79. The van der Waals surface area contributed by atoms with Crippen LogP contribution in [0.1, 0.15) is 48.6 Å². The van der Waals surface area contributed by atoms with E-state index in [0.29, 0.717) is 6.04 Å². The van der Waals surface area contributed by atoms with Gasteiger partial charge in [0.25, 0.3) is 0 Å². The highest BCUT2D eigenvalue weighted by atomic mass is 32.1. The van der Waals surface area contributed by atoms with Crippen LogP contribution in [0.3, 0.4) is 0 Å². The molecule has 1 N–H and O–H groups in total. The fourth-order valence-electron chi connectivity index (χ4n) is 3.57. The second-order valence-corrected chi connectivity index (χ2v) is 7.95. The van der Waals surface area contributed by atoms with Crippen LogP contribution in [0, 0.1) is 0 Å². The minimum absolute atomic E-state index is 0.0675. The smallest absolute Gasteiger partial charge is 0.230 e. The first-order valence-corrected chi connectivity index (χ1v) is 9.77. The van der Waals surface area contributed by atoms with Gasteiger partial charge in [-0.3, -0.25) is 4.90 Å². The fourth-order valence-corrected chi connectivity index (χ4v) is 5.36. The number of thiazole rings is 1. The maximum Gasteiger partial charge on any atom is 0.230 e. The van der Waals surface area contributed by atoms with E-state index in [4.69, 9.17) is 0 Å². The molecular weight excluding hydrogens is 328 g/mol. The van der Waals surface area contributed by atoms with E-state index in [1.54, 1.807) is 11.3 Å². The van der Waals surface area contributed by atoms with E-state index in [-0.39, 0.29) is 11.9 Å². The van der Waals surface area contributed by atoms with Crippen molar-refractivity contribution in [1.29, 1.82) is 0 Å². The first kappa shape index (κ1) is 15.1. The Morgan fingerprint density at radius 3 is 2.87 bits per heavy atom. The molecule has 0 spiro atoms. The van der Waals surface area contributed by atoms with Crippen LogP contribution in [-0.4, -0.2) is 37.7 Å². The first-order chi connectivity index (χ1) is 11.3. The monoisotopic (exact) mass is 348 g/mol. The Balaban J connectivity index is 1.76. The predicted octanol–water partition coefficient (Wildman–Crippen LogP) is 3.91. The zero-order valence-corrected chi connectivity index (χ0v) is 14.7. The normalized spacial score (nSPS) is 18.0. The van der Waals surface area contributed by atoms with Crippen LogP contribution in [0.25, 0.3) is 4.96 Å². The lowest BCUT2D eigenvalue weighted by atomic mass is 9.92. The van der Waals surface area contributed by atoms with Gasteiger partial charge >= 0.3 is 0 Å². The molecule has 3 heterocycles. The Labute approximate surface area is 143 Å². The number of rotatable bonds is 4. The maximum absolute atomic E-state index is 10.6. The van der Waals surface area contributed by atoms with Gasteiger partial charge < -0.3 is 5.11 Å². The molecule has 3 aromatic heterocycles. The molecule has 1 saturated carbocycles. The van der Waals surface area contributed by atoms with Gasteiger partial charge in [-0.05, 0) is 42.3 Å². The summed E-state index contributed by atoms with van der Waals surface area (Å²) in [5.41, 5.74) is 1.24. The van der Waals surface area contributed by atoms with Crippen LogP contribution in [0.5, 0.6) is 5.88 Å². The van der Waals surface area contributed by atoms with Gasteiger partial charge in [0.2, 0.25) is 10.8 Å². The van der Waals surface area contributed by atoms with Crippen molar-refractivity contribution in [2.24, 2.45) is 0 Å². The van der Waals surface area contributed by atoms with Crippen molar-refractivity contribution < 1.29 is 5.11 Å². The largest absolute Gasteiger partial charge is 0.492 e. The van der Waals surface area contributed by atoms with Gasteiger partial charge in [0.05, 0.1) is 10.9 Å². The molecule has 1 fully saturated rings. The van der Waals surface area contributed by atoms with Crippen molar-refractivity contribution in [1.82, 2.24) is 19.5 Å². The number of fused-ring (bicyclic) bond motifs is 1. The van der Waals surface area contributed by atoms with E-state index in [0.717, 1.165) is 9.84 Å². The quantitative estimate of drug-likeness (QED) is 0.777. The topological polar surface area (TPSA) is 53.7 Å². The van der Waals surface area contributed by atoms with Crippen LogP contribution in [0.4, 0.5) is 0 Å². The Kier molecular flexibility index (Phi) is 4.09. The Morgan fingerprint density at radius 1 is 1.35 bits per heavy atom. The molecule has 0 unspecified atom stereocenters. The van der Waals surface area contributed by atoms with Crippen LogP contribution >= 0.6 is 22.7 Å². The molecule has 0 saturated heterocycles. The lowest BCUT2D eigenvalue weighted by Gasteiger charge is -2.36. The van der Waals surface area contributed by atoms with Gasteiger partial charge in [-0.15, -0.1) is 0 Å². The number of hydrogen-bond donors (Lipinski definition) is 1. The van der Waals surface area contributed by atoms with Gasteiger partial charge in [-0.1, -0.05) is 30.6 Å². The molecule has 3 aromatic rings. The summed E-state index contributed by atoms with van der Waals surface area (Å²) < 4.78 is 1.54. The van der Waals surface area contributed by atoms with Crippen molar-refractivity contribution in [2.75, 3.05) is 7.05 Å². The summed E-state index contributed by atoms with van der Waals surface area (Å²) in [4.78, 5) is 8.35. The average Bonchev–Trinajstić information content (AvgIpc) is 3.30. The zero-order valence-electron chi connectivity index (χ0n) is 13.1. The minimum Gasteiger partial charge on any atom is -0.492 e. The van der Waals surface area contributed by atoms with Crippen molar-refractivity contribution >= 4 is 27.6 Å². The maximum atomic E-state index is 10.6. The lowest BCUT2D eigenvalue weighted by molar-refractivity contribution is 0.157. The molecule has 122 valence electrons. The molecule has 7 heteroatoms. The third-order valence-electron chi connectivity index (χ3n) is 4.80. The van der Waals surface area contributed by atoms with E-state index in [2.05, 4.69) is 38.9 Å². The van der Waals surface area contributed by atoms with Gasteiger partial charge in [-0.2, -0.15) is 21.0 Å². The SMILES string of the molecule is CN(C1CCCCC1)[C@@H](c1ccsc1)c1sc2ncnn2c1O. The second-order valence-electron chi connectivity index (χ2n) is 6.16. The lowest BCUT2D eigenvalue weighted by Crippen LogP contribution is -2.36. The van der Waals surface area contributed by atoms with Crippen LogP contribution in [-0.2, 0) is 0 Å². The molecule has 0 bridgehead atoms. The number of aromatic nitrogens is 3. The van der Waals surface area contributed by atoms with Gasteiger partial charge in [-0.25, -0.2) is 4.98 Å².